The van der Waals surface area contributed by atoms with Crippen molar-refractivity contribution in [2.24, 2.45) is 0 Å². The minimum Gasteiger partial charge on any atom is -0.492 e. The summed E-state index contributed by atoms with van der Waals surface area (Å²) in [6.07, 6.45) is 1.68. The van der Waals surface area contributed by atoms with Gasteiger partial charge in [0.2, 0.25) is 0 Å². The molecule has 1 aliphatic heterocycles. The molecular formula is C25H17BrCl3NO4S. The van der Waals surface area contributed by atoms with Crippen molar-refractivity contribution in [2.45, 2.75) is 6.61 Å². The lowest BCUT2D eigenvalue weighted by atomic mass is 10.2. The Hall–Kier alpha value is -2.16. The number of rotatable bonds is 8. The molecule has 0 unspecified atom stereocenters. The van der Waals surface area contributed by atoms with Crippen LogP contribution in [0.25, 0.3) is 6.08 Å². The van der Waals surface area contributed by atoms with Crippen LogP contribution in [0.2, 0.25) is 15.1 Å². The predicted molar refractivity (Wildman–Crippen MR) is 145 cm³/mol. The second kappa shape index (κ2) is 11.7. The molecule has 0 radical (unpaired) electrons. The Morgan fingerprint density at radius 1 is 0.914 bits per heavy atom. The first-order valence-corrected chi connectivity index (χ1v) is 13.0. The Morgan fingerprint density at radius 3 is 2.37 bits per heavy atom. The molecule has 35 heavy (non-hydrogen) atoms. The fourth-order valence-electron chi connectivity index (χ4n) is 3.15. The van der Waals surface area contributed by atoms with E-state index in [0.717, 1.165) is 22.9 Å². The summed E-state index contributed by atoms with van der Waals surface area (Å²) in [5.41, 5.74) is 1.55. The number of imide groups is 1. The molecule has 4 rings (SSSR count). The molecule has 1 heterocycles. The van der Waals surface area contributed by atoms with Crippen LogP contribution in [-0.2, 0) is 11.4 Å². The maximum Gasteiger partial charge on any atom is 0.293 e. The first-order valence-electron chi connectivity index (χ1n) is 10.3. The summed E-state index contributed by atoms with van der Waals surface area (Å²) in [6.45, 7) is 0.599. The smallest absolute Gasteiger partial charge is 0.293 e. The number of ether oxygens (including phenoxy) is 2. The van der Waals surface area contributed by atoms with Crippen molar-refractivity contribution in [3.05, 3.63) is 96.2 Å². The van der Waals surface area contributed by atoms with E-state index < -0.39 is 0 Å². The van der Waals surface area contributed by atoms with Crippen molar-refractivity contribution in [3.8, 4) is 11.5 Å². The molecule has 0 spiro atoms. The molecule has 0 N–H and O–H groups in total. The number of benzene rings is 3. The van der Waals surface area contributed by atoms with Crippen molar-refractivity contribution in [1.29, 1.82) is 0 Å². The number of nitrogens with zero attached hydrogens (tertiary/aromatic N) is 1. The van der Waals surface area contributed by atoms with Gasteiger partial charge < -0.3 is 9.47 Å². The zero-order valence-corrected chi connectivity index (χ0v) is 22.6. The Bertz CT molecular complexity index is 1300. The lowest BCUT2D eigenvalue weighted by molar-refractivity contribution is -0.123. The van der Waals surface area contributed by atoms with E-state index in [-0.39, 0.29) is 30.9 Å². The molecule has 3 aromatic carbocycles. The van der Waals surface area contributed by atoms with E-state index in [2.05, 4.69) is 15.9 Å². The number of carbonyl (C=O) groups is 2. The highest BCUT2D eigenvalue weighted by molar-refractivity contribution is 9.10. The van der Waals surface area contributed by atoms with Crippen LogP contribution < -0.4 is 9.47 Å². The number of amides is 2. The molecule has 1 fully saturated rings. The maximum atomic E-state index is 12.8. The third-order valence-corrected chi connectivity index (χ3v) is 7.29. The fourth-order valence-corrected chi connectivity index (χ4v) is 5.11. The lowest BCUT2D eigenvalue weighted by Crippen LogP contribution is -2.32. The van der Waals surface area contributed by atoms with E-state index in [9.17, 15) is 9.59 Å². The van der Waals surface area contributed by atoms with Gasteiger partial charge in [0, 0.05) is 20.6 Å². The fraction of sp³-hybridized carbons (Fsp3) is 0.120. The average Bonchev–Trinajstić information content (AvgIpc) is 3.08. The summed E-state index contributed by atoms with van der Waals surface area (Å²) in [5.74, 6) is 0.872. The highest BCUT2D eigenvalue weighted by atomic mass is 79.9. The minimum absolute atomic E-state index is 0.147. The predicted octanol–water partition coefficient (Wildman–Crippen LogP) is 8.10. The second-order valence-electron chi connectivity index (χ2n) is 7.35. The average molecular weight is 614 g/mol. The molecule has 0 aromatic heterocycles. The van der Waals surface area contributed by atoms with Crippen LogP contribution in [0.15, 0.2) is 70.0 Å². The van der Waals surface area contributed by atoms with Crippen LogP contribution in [0.4, 0.5) is 4.79 Å². The molecule has 0 bridgehead atoms. The van der Waals surface area contributed by atoms with E-state index in [1.165, 1.54) is 4.90 Å². The third-order valence-electron chi connectivity index (χ3n) is 4.92. The number of hydrogen-bond acceptors (Lipinski definition) is 5. The summed E-state index contributed by atoms with van der Waals surface area (Å²) in [5, 5.41) is 1.35. The van der Waals surface area contributed by atoms with E-state index in [1.54, 1.807) is 54.6 Å². The monoisotopic (exact) mass is 611 g/mol. The lowest BCUT2D eigenvalue weighted by Gasteiger charge is -2.13. The topological polar surface area (TPSA) is 55.8 Å². The van der Waals surface area contributed by atoms with E-state index >= 15 is 0 Å². The van der Waals surface area contributed by atoms with Gasteiger partial charge in [-0.15, -0.1) is 0 Å². The third kappa shape index (κ3) is 6.74. The Labute approximate surface area is 230 Å². The van der Waals surface area contributed by atoms with Crippen LogP contribution in [0, 0.1) is 0 Å². The SMILES string of the molecule is O=C1S/C(=C\c2ccc(OCc3ccc(Cl)cc3Cl)c(Br)c2)C(=O)N1CCOc1ccc(Cl)cc1. The van der Waals surface area contributed by atoms with Crippen molar-refractivity contribution < 1.29 is 19.1 Å². The summed E-state index contributed by atoms with van der Waals surface area (Å²) < 4.78 is 12.2. The van der Waals surface area contributed by atoms with Gasteiger partial charge in [0.15, 0.2) is 0 Å². The van der Waals surface area contributed by atoms with Gasteiger partial charge in [0.05, 0.1) is 15.9 Å². The molecule has 1 aliphatic rings. The van der Waals surface area contributed by atoms with Gasteiger partial charge in [-0.25, -0.2) is 0 Å². The van der Waals surface area contributed by atoms with Gasteiger partial charge in [-0.2, -0.15) is 0 Å². The molecule has 10 heteroatoms. The normalized spacial score (nSPS) is 14.6. The molecule has 0 atom stereocenters. The summed E-state index contributed by atoms with van der Waals surface area (Å²) in [6, 6.07) is 17.5. The van der Waals surface area contributed by atoms with Gasteiger partial charge in [0.25, 0.3) is 11.1 Å². The molecule has 5 nitrogen and oxygen atoms in total. The van der Waals surface area contributed by atoms with E-state index in [4.69, 9.17) is 44.3 Å². The van der Waals surface area contributed by atoms with E-state index in [0.29, 0.717) is 35.9 Å². The Morgan fingerprint density at radius 2 is 1.66 bits per heavy atom. The molecule has 1 saturated heterocycles. The molecule has 0 aliphatic carbocycles. The van der Waals surface area contributed by atoms with Crippen LogP contribution in [0.1, 0.15) is 11.1 Å². The van der Waals surface area contributed by atoms with Crippen LogP contribution in [0.3, 0.4) is 0 Å². The Balaban J connectivity index is 1.36. The van der Waals surface area contributed by atoms with Gasteiger partial charge in [-0.05, 0) is 87.9 Å². The van der Waals surface area contributed by atoms with Crippen LogP contribution >= 0.6 is 62.5 Å². The molecule has 2 amide bonds. The Kier molecular flexibility index (Phi) is 8.68. The zero-order chi connectivity index (χ0) is 24.9. The second-order valence-corrected chi connectivity index (χ2v) is 10.5. The maximum absolute atomic E-state index is 12.8. The van der Waals surface area contributed by atoms with Crippen molar-refractivity contribution in [3.63, 3.8) is 0 Å². The summed E-state index contributed by atoms with van der Waals surface area (Å²) in [4.78, 5) is 26.6. The number of halogens is 4. The van der Waals surface area contributed by atoms with Gasteiger partial charge in [-0.1, -0.05) is 46.9 Å². The van der Waals surface area contributed by atoms with Crippen molar-refractivity contribution >= 4 is 79.7 Å². The number of thioether (sulfide) groups is 1. The molecule has 180 valence electrons. The van der Waals surface area contributed by atoms with Crippen LogP contribution in [0.5, 0.6) is 11.5 Å². The van der Waals surface area contributed by atoms with Gasteiger partial charge >= 0.3 is 0 Å². The minimum atomic E-state index is -0.353. The largest absolute Gasteiger partial charge is 0.492 e. The first-order chi connectivity index (χ1) is 16.8. The highest BCUT2D eigenvalue weighted by Crippen LogP contribution is 2.34. The van der Waals surface area contributed by atoms with Gasteiger partial charge in [-0.3, -0.25) is 14.5 Å². The standard InChI is InChI=1S/C25H17BrCl3NO4S/c26-20-11-15(1-8-22(20)34-14-16-2-3-18(28)13-21(16)29)12-23-24(31)30(25(32)35-23)9-10-33-19-6-4-17(27)5-7-19/h1-8,11-13H,9-10,14H2/b23-12-. The summed E-state index contributed by atoms with van der Waals surface area (Å²) in [7, 11) is 0. The summed E-state index contributed by atoms with van der Waals surface area (Å²) >= 11 is 22.4. The molecule has 0 saturated carbocycles. The zero-order valence-electron chi connectivity index (χ0n) is 18.0. The first kappa shape index (κ1) is 25.9. The highest BCUT2D eigenvalue weighted by Gasteiger charge is 2.34. The number of hydrogen-bond donors (Lipinski definition) is 0. The molecule has 3 aromatic rings. The quantitative estimate of drug-likeness (QED) is 0.240. The van der Waals surface area contributed by atoms with Crippen molar-refractivity contribution in [2.75, 3.05) is 13.2 Å². The van der Waals surface area contributed by atoms with Gasteiger partial charge in [0.1, 0.15) is 24.7 Å². The number of carbonyl (C=O) groups excluding carboxylic acids is 2. The van der Waals surface area contributed by atoms with E-state index in [1.807, 2.05) is 12.1 Å². The molecular weight excluding hydrogens is 597 g/mol. The van der Waals surface area contributed by atoms with Crippen molar-refractivity contribution in [1.82, 2.24) is 4.90 Å². The van der Waals surface area contributed by atoms with Crippen LogP contribution in [-0.4, -0.2) is 29.2 Å².